The Hall–Kier alpha value is -1.65. The van der Waals surface area contributed by atoms with Crippen LogP contribution in [0.3, 0.4) is 0 Å². The lowest BCUT2D eigenvalue weighted by Crippen LogP contribution is -2.07. The van der Waals surface area contributed by atoms with E-state index in [1.807, 2.05) is 0 Å². The highest BCUT2D eigenvalue weighted by Crippen LogP contribution is 2.23. The van der Waals surface area contributed by atoms with Crippen LogP contribution in [0, 0.1) is 22.9 Å². The predicted octanol–water partition coefficient (Wildman–Crippen LogP) is 1.96. The van der Waals surface area contributed by atoms with E-state index in [1.54, 1.807) is 13.0 Å². The number of nitro groups is 1. The maximum atomic E-state index is 13.4. The quantitative estimate of drug-likeness (QED) is 0.567. The van der Waals surface area contributed by atoms with Gasteiger partial charge in [-0.25, -0.2) is 4.39 Å². The number of hydrogen-bond donors (Lipinski definition) is 0. The molecule has 0 saturated heterocycles. The van der Waals surface area contributed by atoms with Crippen LogP contribution >= 0.6 is 0 Å². The summed E-state index contributed by atoms with van der Waals surface area (Å²) in [7, 11) is 1.42. The monoisotopic (exact) mass is 213 g/mol. The van der Waals surface area contributed by atoms with E-state index in [4.69, 9.17) is 4.74 Å². The van der Waals surface area contributed by atoms with Crippen molar-refractivity contribution < 1.29 is 14.1 Å². The predicted molar refractivity (Wildman–Crippen MR) is 53.3 cm³/mol. The zero-order valence-electron chi connectivity index (χ0n) is 8.62. The molecule has 0 N–H and O–H groups in total. The molecule has 15 heavy (non-hydrogen) atoms. The van der Waals surface area contributed by atoms with Crippen LogP contribution in [0.25, 0.3) is 0 Å². The number of ether oxygens (including phenoxy) is 1. The standard InChI is InChI=1S/C10H12FNO3/c1-7-5-9(11)8(3-4-12(13)14)10(6-7)15-2/h5-6H,3-4H2,1-2H3. The summed E-state index contributed by atoms with van der Waals surface area (Å²) >= 11 is 0. The normalized spacial score (nSPS) is 10.1. The van der Waals surface area contributed by atoms with E-state index in [0.717, 1.165) is 5.56 Å². The molecule has 1 rings (SSSR count). The Morgan fingerprint density at radius 2 is 2.20 bits per heavy atom. The summed E-state index contributed by atoms with van der Waals surface area (Å²) in [5, 5.41) is 10.2. The Kier molecular flexibility index (Phi) is 3.60. The maximum Gasteiger partial charge on any atom is 0.208 e. The zero-order valence-corrected chi connectivity index (χ0v) is 8.62. The minimum Gasteiger partial charge on any atom is -0.496 e. The largest absolute Gasteiger partial charge is 0.496 e. The molecule has 4 nitrogen and oxygen atoms in total. The Bertz CT molecular complexity index is 379. The lowest BCUT2D eigenvalue weighted by Gasteiger charge is -2.08. The van der Waals surface area contributed by atoms with Gasteiger partial charge in [0.25, 0.3) is 0 Å². The van der Waals surface area contributed by atoms with Crippen molar-refractivity contribution in [3.63, 3.8) is 0 Å². The molecular formula is C10H12FNO3. The first-order valence-electron chi connectivity index (χ1n) is 4.49. The summed E-state index contributed by atoms with van der Waals surface area (Å²) in [5.74, 6) is -0.0805. The molecule has 0 fully saturated rings. The second kappa shape index (κ2) is 4.72. The number of methoxy groups -OCH3 is 1. The first-order valence-corrected chi connectivity index (χ1v) is 4.49. The molecule has 0 aliphatic heterocycles. The maximum absolute atomic E-state index is 13.4. The van der Waals surface area contributed by atoms with E-state index >= 15 is 0 Å². The average Bonchev–Trinajstić information content (AvgIpc) is 2.14. The van der Waals surface area contributed by atoms with E-state index in [2.05, 4.69) is 0 Å². The van der Waals surface area contributed by atoms with Gasteiger partial charge in [0.15, 0.2) is 0 Å². The third-order valence-corrected chi connectivity index (χ3v) is 2.06. The van der Waals surface area contributed by atoms with Crippen LogP contribution in [0.2, 0.25) is 0 Å². The van der Waals surface area contributed by atoms with Crippen molar-refractivity contribution in [1.82, 2.24) is 0 Å². The molecule has 0 atom stereocenters. The van der Waals surface area contributed by atoms with Crippen molar-refractivity contribution in [3.8, 4) is 5.75 Å². The van der Waals surface area contributed by atoms with Gasteiger partial charge < -0.3 is 4.74 Å². The third kappa shape index (κ3) is 2.90. The van der Waals surface area contributed by atoms with Gasteiger partial charge in [-0.05, 0) is 24.6 Å². The first-order chi connectivity index (χ1) is 7.04. The van der Waals surface area contributed by atoms with Crippen LogP contribution < -0.4 is 4.74 Å². The van der Waals surface area contributed by atoms with Crippen LogP contribution in [0.5, 0.6) is 5.75 Å². The van der Waals surface area contributed by atoms with Gasteiger partial charge in [-0.3, -0.25) is 10.1 Å². The Labute approximate surface area is 86.8 Å². The summed E-state index contributed by atoms with van der Waals surface area (Å²) in [6.45, 7) is 1.44. The van der Waals surface area contributed by atoms with Gasteiger partial charge in [-0.2, -0.15) is 0 Å². The van der Waals surface area contributed by atoms with Crippen molar-refractivity contribution >= 4 is 0 Å². The average molecular weight is 213 g/mol. The minimum atomic E-state index is -0.473. The Balaban J connectivity index is 2.98. The van der Waals surface area contributed by atoms with E-state index in [1.165, 1.54) is 13.2 Å². The Morgan fingerprint density at radius 3 is 2.73 bits per heavy atom. The smallest absolute Gasteiger partial charge is 0.208 e. The third-order valence-electron chi connectivity index (χ3n) is 2.06. The summed E-state index contributed by atoms with van der Waals surface area (Å²) in [4.78, 5) is 9.72. The van der Waals surface area contributed by atoms with Crippen molar-refractivity contribution in [3.05, 3.63) is 39.2 Å². The molecule has 82 valence electrons. The Morgan fingerprint density at radius 1 is 1.53 bits per heavy atom. The number of benzene rings is 1. The van der Waals surface area contributed by atoms with Crippen molar-refractivity contribution in [2.75, 3.05) is 13.7 Å². The van der Waals surface area contributed by atoms with Gasteiger partial charge in [0.1, 0.15) is 11.6 Å². The lowest BCUT2D eigenvalue weighted by molar-refractivity contribution is -0.479. The summed E-state index contributed by atoms with van der Waals surface area (Å²) in [6, 6.07) is 3.01. The summed E-state index contributed by atoms with van der Waals surface area (Å²) in [5.41, 5.74) is 0.994. The number of nitrogens with zero attached hydrogens (tertiary/aromatic N) is 1. The molecule has 0 radical (unpaired) electrons. The fraction of sp³-hybridized carbons (Fsp3) is 0.400. The molecule has 0 unspecified atom stereocenters. The lowest BCUT2D eigenvalue weighted by atomic mass is 10.1. The number of halogens is 1. The molecule has 5 heteroatoms. The van der Waals surface area contributed by atoms with E-state index in [0.29, 0.717) is 5.75 Å². The number of hydrogen-bond acceptors (Lipinski definition) is 3. The van der Waals surface area contributed by atoms with Crippen LogP contribution in [-0.4, -0.2) is 18.6 Å². The van der Waals surface area contributed by atoms with E-state index < -0.39 is 10.7 Å². The van der Waals surface area contributed by atoms with Gasteiger partial charge in [0, 0.05) is 16.9 Å². The van der Waals surface area contributed by atoms with Crippen LogP contribution in [-0.2, 0) is 6.42 Å². The first kappa shape index (κ1) is 11.4. The van der Waals surface area contributed by atoms with Gasteiger partial charge in [0.05, 0.1) is 7.11 Å². The second-order valence-electron chi connectivity index (χ2n) is 3.23. The molecule has 0 spiro atoms. The SMILES string of the molecule is COc1cc(C)cc(F)c1CC[N+](=O)[O-]. The second-order valence-corrected chi connectivity index (χ2v) is 3.23. The van der Waals surface area contributed by atoms with Gasteiger partial charge in [-0.1, -0.05) is 0 Å². The fourth-order valence-electron chi connectivity index (χ4n) is 1.37. The number of rotatable bonds is 4. The van der Waals surface area contributed by atoms with E-state index in [-0.39, 0.29) is 18.5 Å². The summed E-state index contributed by atoms with van der Waals surface area (Å²) < 4.78 is 18.4. The highest BCUT2D eigenvalue weighted by Gasteiger charge is 2.12. The molecule has 0 aliphatic carbocycles. The molecule has 0 aliphatic rings. The van der Waals surface area contributed by atoms with E-state index in [9.17, 15) is 14.5 Å². The topological polar surface area (TPSA) is 52.4 Å². The molecule has 0 amide bonds. The molecule has 1 aromatic carbocycles. The highest BCUT2D eigenvalue weighted by atomic mass is 19.1. The van der Waals surface area contributed by atoms with Crippen LogP contribution in [0.15, 0.2) is 12.1 Å². The van der Waals surface area contributed by atoms with Crippen molar-refractivity contribution in [2.24, 2.45) is 0 Å². The summed E-state index contributed by atoms with van der Waals surface area (Å²) in [6.07, 6.45) is 0.0439. The molecular weight excluding hydrogens is 201 g/mol. The minimum absolute atomic E-state index is 0.0439. The molecule has 0 saturated carbocycles. The van der Waals surface area contributed by atoms with Crippen molar-refractivity contribution in [2.45, 2.75) is 13.3 Å². The highest BCUT2D eigenvalue weighted by molar-refractivity contribution is 5.38. The van der Waals surface area contributed by atoms with Crippen LogP contribution in [0.4, 0.5) is 4.39 Å². The van der Waals surface area contributed by atoms with Gasteiger partial charge >= 0.3 is 0 Å². The molecule has 1 aromatic rings. The number of aryl methyl sites for hydroxylation is 1. The molecule has 0 heterocycles. The fourth-order valence-corrected chi connectivity index (χ4v) is 1.37. The van der Waals surface area contributed by atoms with Gasteiger partial charge in [0.2, 0.25) is 6.54 Å². The zero-order chi connectivity index (χ0) is 11.4. The molecule has 0 bridgehead atoms. The van der Waals surface area contributed by atoms with Gasteiger partial charge in [-0.15, -0.1) is 0 Å². The molecule has 0 aromatic heterocycles. The van der Waals surface area contributed by atoms with Crippen molar-refractivity contribution in [1.29, 1.82) is 0 Å². The van der Waals surface area contributed by atoms with Crippen LogP contribution in [0.1, 0.15) is 11.1 Å².